The second-order valence-electron chi connectivity index (χ2n) is 6.21. The van der Waals surface area contributed by atoms with Gasteiger partial charge in [0.15, 0.2) is 9.84 Å². The fraction of sp³-hybridized carbons (Fsp3) is 0.500. The molecule has 130 valence electrons. The van der Waals surface area contributed by atoms with E-state index >= 15 is 0 Å². The van der Waals surface area contributed by atoms with Crippen molar-refractivity contribution in [2.75, 3.05) is 6.26 Å². The molecule has 1 fully saturated rings. The first-order chi connectivity index (χ1) is 11.3. The number of benzene rings is 1. The van der Waals surface area contributed by atoms with E-state index in [1.165, 1.54) is 17.6 Å². The van der Waals surface area contributed by atoms with Gasteiger partial charge < -0.3 is 5.11 Å². The molecule has 1 aromatic heterocycles. The maximum atomic E-state index is 11.5. The molecule has 6 nitrogen and oxygen atoms in total. The maximum absolute atomic E-state index is 11.5. The van der Waals surface area contributed by atoms with Crippen LogP contribution in [0.2, 0.25) is 0 Å². The first-order valence-electron chi connectivity index (χ1n) is 7.89. The summed E-state index contributed by atoms with van der Waals surface area (Å²) in [5, 5.41) is 15.1. The molecule has 0 radical (unpaired) electrons. The summed E-state index contributed by atoms with van der Waals surface area (Å²) in [6.07, 6.45) is 4.50. The first-order valence-corrected chi connectivity index (χ1v) is 10.6. The van der Waals surface area contributed by atoms with Crippen molar-refractivity contribution in [3.8, 4) is 10.6 Å². The fourth-order valence-electron chi connectivity index (χ4n) is 2.84. The molecule has 0 amide bonds. The number of aryl methyl sites for hydroxylation is 1. The average Bonchev–Trinajstić information content (AvgIpc) is 2.88. The van der Waals surface area contributed by atoms with E-state index < -0.39 is 9.84 Å². The number of sulfone groups is 1. The van der Waals surface area contributed by atoms with Gasteiger partial charge in [-0.2, -0.15) is 5.10 Å². The lowest BCUT2D eigenvalue weighted by atomic mass is 9.94. The van der Waals surface area contributed by atoms with E-state index in [0.717, 1.165) is 34.6 Å². The standard InChI is InChI=1S/C16H21N3O3S2/c1-19-16(17-12-4-3-5-13(20)10-12)23-15(18-19)11-6-8-14(9-7-11)24(2,21)22/h6-9,12-13,20H,3-5,10H2,1-2H3/t12-,13-/m1/s1. The summed E-state index contributed by atoms with van der Waals surface area (Å²) in [4.78, 5) is 5.85. The van der Waals surface area contributed by atoms with E-state index in [2.05, 4.69) is 5.10 Å². The molecule has 1 N–H and O–H groups in total. The molecule has 0 unspecified atom stereocenters. The van der Waals surface area contributed by atoms with Gasteiger partial charge in [-0.15, -0.1) is 0 Å². The van der Waals surface area contributed by atoms with Gasteiger partial charge in [0.05, 0.1) is 17.0 Å². The van der Waals surface area contributed by atoms with Crippen LogP contribution >= 0.6 is 11.3 Å². The van der Waals surface area contributed by atoms with Crippen molar-refractivity contribution >= 4 is 21.2 Å². The van der Waals surface area contributed by atoms with Gasteiger partial charge in [-0.05, 0) is 37.8 Å². The van der Waals surface area contributed by atoms with Gasteiger partial charge in [0.25, 0.3) is 0 Å². The molecule has 0 saturated heterocycles. The van der Waals surface area contributed by atoms with Crippen LogP contribution in [-0.4, -0.2) is 41.7 Å². The normalized spacial score (nSPS) is 22.7. The van der Waals surface area contributed by atoms with Crippen LogP contribution in [0, 0.1) is 0 Å². The van der Waals surface area contributed by atoms with Crippen LogP contribution in [0.25, 0.3) is 10.6 Å². The molecular weight excluding hydrogens is 346 g/mol. The zero-order valence-corrected chi connectivity index (χ0v) is 15.3. The van der Waals surface area contributed by atoms with Crippen molar-refractivity contribution in [3.05, 3.63) is 29.1 Å². The van der Waals surface area contributed by atoms with E-state index in [1.807, 2.05) is 7.05 Å². The molecule has 0 aliphatic heterocycles. The molecule has 1 heterocycles. The Morgan fingerprint density at radius 3 is 2.62 bits per heavy atom. The van der Waals surface area contributed by atoms with Crippen LogP contribution in [0.15, 0.2) is 34.2 Å². The summed E-state index contributed by atoms with van der Waals surface area (Å²) in [7, 11) is -1.34. The van der Waals surface area contributed by atoms with Crippen LogP contribution in [0.1, 0.15) is 25.7 Å². The van der Waals surface area contributed by atoms with E-state index in [4.69, 9.17) is 4.99 Å². The summed E-state index contributed by atoms with van der Waals surface area (Å²) in [5.41, 5.74) is 0.869. The summed E-state index contributed by atoms with van der Waals surface area (Å²) < 4.78 is 24.8. The lowest BCUT2D eigenvalue weighted by molar-refractivity contribution is 0.120. The second-order valence-corrected chi connectivity index (χ2v) is 9.18. The largest absolute Gasteiger partial charge is 0.393 e. The van der Waals surface area contributed by atoms with Crippen LogP contribution in [0.4, 0.5) is 0 Å². The predicted octanol–water partition coefficient (Wildman–Crippen LogP) is 1.76. The Kier molecular flexibility index (Phi) is 4.89. The van der Waals surface area contributed by atoms with Crippen molar-refractivity contribution in [1.29, 1.82) is 0 Å². The number of nitrogens with zero attached hydrogens (tertiary/aromatic N) is 3. The summed E-state index contributed by atoms with van der Waals surface area (Å²) in [5.74, 6) is 0. The van der Waals surface area contributed by atoms with Crippen LogP contribution in [0.3, 0.4) is 0 Å². The Balaban J connectivity index is 1.88. The number of aliphatic hydroxyl groups is 1. The monoisotopic (exact) mass is 367 g/mol. The van der Waals surface area contributed by atoms with Gasteiger partial charge in [-0.3, -0.25) is 4.99 Å². The SMILES string of the molecule is Cn1nc(-c2ccc(S(C)(=O)=O)cc2)sc1=N[C@@H]1CCC[C@@H](O)C1. The number of rotatable bonds is 3. The molecule has 2 atom stereocenters. The Labute approximate surface area is 145 Å². The van der Waals surface area contributed by atoms with Crippen LogP contribution in [0.5, 0.6) is 0 Å². The lowest BCUT2D eigenvalue weighted by Crippen LogP contribution is -2.25. The average molecular weight is 367 g/mol. The highest BCUT2D eigenvalue weighted by atomic mass is 32.2. The highest BCUT2D eigenvalue weighted by molar-refractivity contribution is 7.90. The highest BCUT2D eigenvalue weighted by Gasteiger charge is 2.19. The lowest BCUT2D eigenvalue weighted by Gasteiger charge is -2.22. The smallest absolute Gasteiger partial charge is 0.203 e. The topological polar surface area (TPSA) is 84.5 Å². The number of hydrogen-bond donors (Lipinski definition) is 1. The second kappa shape index (κ2) is 6.78. The summed E-state index contributed by atoms with van der Waals surface area (Å²) in [6.45, 7) is 0. The third-order valence-corrected chi connectivity index (χ3v) is 6.34. The highest BCUT2D eigenvalue weighted by Crippen LogP contribution is 2.23. The van der Waals surface area contributed by atoms with Crippen molar-refractivity contribution in [3.63, 3.8) is 0 Å². The molecule has 3 rings (SSSR count). The maximum Gasteiger partial charge on any atom is 0.203 e. The van der Waals surface area contributed by atoms with Gasteiger partial charge in [0.1, 0.15) is 5.01 Å². The van der Waals surface area contributed by atoms with Crippen molar-refractivity contribution in [2.24, 2.45) is 12.0 Å². The van der Waals surface area contributed by atoms with E-state index in [0.29, 0.717) is 11.3 Å². The van der Waals surface area contributed by atoms with E-state index in [1.54, 1.807) is 28.9 Å². The van der Waals surface area contributed by atoms with Crippen molar-refractivity contribution in [2.45, 2.75) is 42.7 Å². The van der Waals surface area contributed by atoms with E-state index in [-0.39, 0.29) is 12.1 Å². The zero-order chi connectivity index (χ0) is 17.3. The quantitative estimate of drug-likeness (QED) is 0.896. The van der Waals surface area contributed by atoms with Gasteiger partial charge in [-0.1, -0.05) is 23.5 Å². The molecule has 1 aliphatic carbocycles. The predicted molar refractivity (Wildman–Crippen MR) is 93.5 cm³/mol. The van der Waals surface area contributed by atoms with Crippen molar-refractivity contribution < 1.29 is 13.5 Å². The van der Waals surface area contributed by atoms with Gasteiger partial charge in [0, 0.05) is 18.9 Å². The third-order valence-electron chi connectivity index (χ3n) is 4.15. The molecule has 8 heteroatoms. The fourth-order valence-corrected chi connectivity index (χ4v) is 4.43. The molecule has 2 aromatic rings. The third kappa shape index (κ3) is 3.93. The molecule has 0 spiro atoms. The number of aliphatic hydroxyl groups excluding tert-OH is 1. The Hall–Kier alpha value is -1.51. The van der Waals surface area contributed by atoms with Crippen molar-refractivity contribution in [1.82, 2.24) is 9.78 Å². The molecule has 1 aliphatic rings. The molecule has 1 saturated carbocycles. The van der Waals surface area contributed by atoms with Crippen LogP contribution in [-0.2, 0) is 16.9 Å². The van der Waals surface area contributed by atoms with Gasteiger partial charge in [0.2, 0.25) is 4.80 Å². The molecular formula is C16H21N3O3S2. The zero-order valence-electron chi connectivity index (χ0n) is 13.7. The van der Waals surface area contributed by atoms with Gasteiger partial charge in [-0.25, -0.2) is 13.1 Å². The summed E-state index contributed by atoms with van der Waals surface area (Å²) >= 11 is 1.47. The molecule has 0 bridgehead atoms. The number of aromatic nitrogens is 2. The Morgan fingerprint density at radius 1 is 1.29 bits per heavy atom. The first kappa shape index (κ1) is 17.3. The Bertz CT molecular complexity index is 882. The minimum atomic E-state index is -3.19. The van der Waals surface area contributed by atoms with Crippen LogP contribution < -0.4 is 4.80 Å². The van der Waals surface area contributed by atoms with E-state index in [9.17, 15) is 13.5 Å². The van der Waals surface area contributed by atoms with Gasteiger partial charge >= 0.3 is 0 Å². The Morgan fingerprint density at radius 2 is 2.00 bits per heavy atom. The molecule has 24 heavy (non-hydrogen) atoms. The molecule has 1 aromatic carbocycles. The minimum Gasteiger partial charge on any atom is -0.393 e. The number of hydrogen-bond acceptors (Lipinski definition) is 6. The minimum absolute atomic E-state index is 0.140. The summed E-state index contributed by atoms with van der Waals surface area (Å²) in [6, 6.07) is 6.87.